The van der Waals surface area contributed by atoms with Crippen LogP contribution in [-0.2, 0) is 4.74 Å². The van der Waals surface area contributed by atoms with E-state index in [-0.39, 0.29) is 24.8 Å². The molecule has 1 saturated heterocycles. The van der Waals surface area contributed by atoms with E-state index in [1.807, 2.05) is 0 Å². The molecule has 0 spiro atoms. The summed E-state index contributed by atoms with van der Waals surface area (Å²) in [6.45, 7) is 2.03. The van der Waals surface area contributed by atoms with Crippen LogP contribution >= 0.6 is 24.8 Å². The predicted octanol–water partition coefficient (Wildman–Crippen LogP) is 0.378. The Balaban J connectivity index is 0. The van der Waals surface area contributed by atoms with E-state index in [0.717, 1.165) is 13.1 Å². The molecule has 5 heteroatoms. The summed E-state index contributed by atoms with van der Waals surface area (Å²) in [6.07, 6.45) is 0.370. The second kappa shape index (κ2) is 6.92. The van der Waals surface area contributed by atoms with Gasteiger partial charge in [-0.1, -0.05) is 0 Å². The average molecular weight is 217 g/mol. The number of halogens is 2. The minimum atomic E-state index is 0. The molecule has 2 atom stereocenters. The lowest BCUT2D eigenvalue weighted by Crippen LogP contribution is -2.38. The molecule has 0 amide bonds. The first-order valence-electron chi connectivity index (χ1n) is 3.65. The van der Waals surface area contributed by atoms with E-state index < -0.39 is 0 Å². The summed E-state index contributed by atoms with van der Waals surface area (Å²) in [5, 5.41) is 3.29. The number of nitrogens with one attached hydrogen (secondary N) is 1. The van der Waals surface area contributed by atoms with Crippen LogP contribution in [0.1, 0.15) is 0 Å². The molecule has 0 aliphatic carbocycles. The van der Waals surface area contributed by atoms with Crippen molar-refractivity contribution in [3.63, 3.8) is 0 Å². The van der Waals surface area contributed by atoms with Gasteiger partial charge in [-0.25, -0.2) is 0 Å². The Morgan fingerprint density at radius 1 is 1.25 bits per heavy atom. The Bertz CT molecular complexity index is 114. The van der Waals surface area contributed by atoms with Gasteiger partial charge < -0.3 is 15.0 Å². The van der Waals surface area contributed by atoms with Crippen LogP contribution in [0.4, 0.5) is 0 Å². The number of hydrogen-bond acceptors (Lipinski definition) is 3. The van der Waals surface area contributed by atoms with Gasteiger partial charge in [0.2, 0.25) is 0 Å². The topological polar surface area (TPSA) is 24.5 Å². The molecule has 1 aliphatic rings. The van der Waals surface area contributed by atoms with E-state index in [9.17, 15) is 0 Å². The van der Waals surface area contributed by atoms with E-state index in [1.165, 1.54) is 0 Å². The fraction of sp³-hybridized carbons (Fsp3) is 1.00. The Labute approximate surface area is 86.7 Å². The number of likely N-dealkylation sites (N-methyl/N-ethyl adjacent to an activating group) is 1. The van der Waals surface area contributed by atoms with Crippen molar-refractivity contribution in [2.24, 2.45) is 0 Å². The highest BCUT2D eigenvalue weighted by Crippen LogP contribution is 2.07. The summed E-state index contributed by atoms with van der Waals surface area (Å²) >= 11 is 0. The molecule has 3 nitrogen and oxygen atoms in total. The third-order valence-electron chi connectivity index (χ3n) is 2.09. The van der Waals surface area contributed by atoms with Gasteiger partial charge in [-0.05, 0) is 14.1 Å². The van der Waals surface area contributed by atoms with Crippen molar-refractivity contribution >= 4 is 24.8 Å². The van der Waals surface area contributed by atoms with E-state index in [0.29, 0.717) is 12.1 Å². The maximum atomic E-state index is 5.28. The zero-order valence-electron chi connectivity index (χ0n) is 7.74. The van der Waals surface area contributed by atoms with Gasteiger partial charge in [0, 0.05) is 26.2 Å². The van der Waals surface area contributed by atoms with Crippen LogP contribution in [0.2, 0.25) is 0 Å². The molecule has 0 aromatic rings. The van der Waals surface area contributed by atoms with Crippen LogP contribution < -0.4 is 5.32 Å². The first-order chi connectivity index (χ1) is 4.75. The maximum Gasteiger partial charge on any atom is 0.0862 e. The minimum absolute atomic E-state index is 0. The van der Waals surface area contributed by atoms with E-state index in [2.05, 4.69) is 24.3 Å². The second-order valence-electron chi connectivity index (χ2n) is 2.96. The Morgan fingerprint density at radius 2 is 1.83 bits per heavy atom. The molecule has 1 heterocycles. The fourth-order valence-electron chi connectivity index (χ4n) is 1.40. The zero-order chi connectivity index (χ0) is 7.56. The first-order valence-corrected chi connectivity index (χ1v) is 3.65. The third-order valence-corrected chi connectivity index (χ3v) is 2.09. The highest BCUT2D eigenvalue weighted by Gasteiger charge is 2.27. The molecule has 0 aromatic carbocycles. The Hall–Kier alpha value is 0.460. The lowest BCUT2D eigenvalue weighted by atomic mass is 10.2. The smallest absolute Gasteiger partial charge is 0.0862 e. The van der Waals surface area contributed by atoms with Crippen molar-refractivity contribution < 1.29 is 4.74 Å². The molecule has 0 saturated carbocycles. The molecule has 0 unspecified atom stereocenters. The highest BCUT2D eigenvalue weighted by atomic mass is 35.5. The lowest BCUT2D eigenvalue weighted by molar-refractivity contribution is 0.0636. The van der Waals surface area contributed by atoms with Crippen molar-refractivity contribution in [3.8, 4) is 0 Å². The second-order valence-corrected chi connectivity index (χ2v) is 2.96. The van der Waals surface area contributed by atoms with Crippen molar-refractivity contribution in [2.75, 3.05) is 34.3 Å². The maximum absolute atomic E-state index is 5.28. The summed E-state index contributed by atoms with van der Waals surface area (Å²) < 4.78 is 5.28. The Kier molecular flexibility index (Phi) is 8.63. The van der Waals surface area contributed by atoms with E-state index >= 15 is 0 Å². The van der Waals surface area contributed by atoms with E-state index in [4.69, 9.17) is 4.74 Å². The van der Waals surface area contributed by atoms with Gasteiger partial charge in [0.25, 0.3) is 0 Å². The summed E-state index contributed by atoms with van der Waals surface area (Å²) in [6, 6.07) is 0.546. The minimum Gasteiger partial charge on any atom is -0.378 e. The average Bonchev–Trinajstić information content (AvgIpc) is 2.33. The van der Waals surface area contributed by atoms with Crippen LogP contribution in [0.15, 0.2) is 0 Å². The molecule has 0 radical (unpaired) electrons. The van der Waals surface area contributed by atoms with Gasteiger partial charge in [0.05, 0.1) is 6.10 Å². The molecule has 1 rings (SSSR count). The van der Waals surface area contributed by atoms with Gasteiger partial charge in [0.1, 0.15) is 0 Å². The zero-order valence-corrected chi connectivity index (χ0v) is 9.37. The van der Waals surface area contributed by atoms with Gasteiger partial charge in [-0.2, -0.15) is 0 Å². The molecule has 1 fully saturated rings. The van der Waals surface area contributed by atoms with Gasteiger partial charge in [0.15, 0.2) is 0 Å². The largest absolute Gasteiger partial charge is 0.378 e. The van der Waals surface area contributed by atoms with Crippen LogP contribution in [0.3, 0.4) is 0 Å². The van der Waals surface area contributed by atoms with Crippen molar-refractivity contribution in [1.82, 2.24) is 10.2 Å². The number of methoxy groups -OCH3 is 1. The lowest BCUT2D eigenvalue weighted by Gasteiger charge is -2.23. The van der Waals surface area contributed by atoms with Crippen molar-refractivity contribution in [1.29, 1.82) is 0 Å². The molecular formula is C7H18Cl2N2O. The number of nitrogens with zero attached hydrogens (tertiary/aromatic N) is 1. The van der Waals surface area contributed by atoms with Crippen LogP contribution in [0.25, 0.3) is 0 Å². The summed E-state index contributed by atoms with van der Waals surface area (Å²) in [4.78, 5) is 2.20. The van der Waals surface area contributed by atoms with Crippen molar-refractivity contribution in [2.45, 2.75) is 12.1 Å². The van der Waals surface area contributed by atoms with Gasteiger partial charge in [-0.3, -0.25) is 0 Å². The summed E-state index contributed by atoms with van der Waals surface area (Å²) in [5.41, 5.74) is 0. The number of ether oxygens (including phenoxy) is 1. The first kappa shape index (κ1) is 15.0. The standard InChI is InChI=1S/C7H16N2O.2ClH/c1-9(2)6-4-8-5-7(6)10-3;;/h6-8H,4-5H2,1-3H3;2*1H/t6-,7+;;/m1../s1. The molecule has 76 valence electrons. The molecule has 0 bridgehead atoms. The molecular weight excluding hydrogens is 199 g/mol. The van der Waals surface area contributed by atoms with Gasteiger partial charge in [-0.15, -0.1) is 24.8 Å². The monoisotopic (exact) mass is 216 g/mol. The predicted molar refractivity (Wildman–Crippen MR) is 55.6 cm³/mol. The van der Waals surface area contributed by atoms with E-state index in [1.54, 1.807) is 7.11 Å². The Morgan fingerprint density at radius 3 is 2.17 bits per heavy atom. The van der Waals surface area contributed by atoms with Crippen LogP contribution in [0, 0.1) is 0 Å². The summed E-state index contributed by atoms with van der Waals surface area (Å²) in [5.74, 6) is 0. The molecule has 12 heavy (non-hydrogen) atoms. The highest BCUT2D eigenvalue weighted by molar-refractivity contribution is 5.85. The SMILES string of the molecule is CO[C@H]1CNC[C@H]1N(C)C.Cl.Cl. The van der Waals surface area contributed by atoms with Gasteiger partial charge >= 0.3 is 0 Å². The van der Waals surface area contributed by atoms with Crippen LogP contribution in [0.5, 0.6) is 0 Å². The number of rotatable bonds is 2. The molecule has 1 N–H and O–H groups in total. The summed E-state index contributed by atoms with van der Waals surface area (Å²) in [7, 11) is 5.95. The fourth-order valence-corrected chi connectivity index (χ4v) is 1.40. The van der Waals surface area contributed by atoms with Crippen LogP contribution in [-0.4, -0.2) is 51.3 Å². The molecule has 0 aromatic heterocycles. The normalized spacial score (nSPS) is 28.0. The van der Waals surface area contributed by atoms with Crippen molar-refractivity contribution in [3.05, 3.63) is 0 Å². The number of hydrogen-bond donors (Lipinski definition) is 1. The quantitative estimate of drug-likeness (QED) is 0.723. The third kappa shape index (κ3) is 3.46. The molecule has 1 aliphatic heterocycles.